The third kappa shape index (κ3) is 2.09. The van der Waals surface area contributed by atoms with E-state index in [2.05, 4.69) is 20.1 Å². The average molecular weight is 302 g/mol. The molecule has 21 heavy (non-hydrogen) atoms. The van der Waals surface area contributed by atoms with Crippen molar-refractivity contribution in [2.75, 3.05) is 6.54 Å². The zero-order valence-corrected chi connectivity index (χ0v) is 12.9. The number of aromatic nitrogens is 3. The van der Waals surface area contributed by atoms with E-state index in [0.29, 0.717) is 6.54 Å². The maximum atomic E-state index is 12.8. The Hall–Kier alpha value is -1.69. The molecule has 0 saturated heterocycles. The standard InChI is InChI=1S/C15H18N4OS/c1-10-16-17-14-8-18(6-7-19(10)14)15(20)12-9-21-13-5-3-2-4-11(12)13/h9H,2-8H2,1H3. The van der Waals surface area contributed by atoms with Crippen LogP contribution in [-0.4, -0.2) is 32.1 Å². The second kappa shape index (κ2) is 4.94. The molecule has 0 fully saturated rings. The summed E-state index contributed by atoms with van der Waals surface area (Å²) in [7, 11) is 0. The lowest BCUT2D eigenvalue weighted by atomic mass is 9.95. The van der Waals surface area contributed by atoms with Gasteiger partial charge in [0.2, 0.25) is 0 Å². The topological polar surface area (TPSA) is 51.0 Å². The first kappa shape index (κ1) is 13.0. The molecule has 6 heteroatoms. The van der Waals surface area contributed by atoms with E-state index in [1.165, 1.54) is 23.3 Å². The first-order valence-corrected chi connectivity index (χ1v) is 8.39. The molecule has 0 spiro atoms. The Morgan fingerprint density at radius 1 is 1.24 bits per heavy atom. The number of fused-ring (bicyclic) bond motifs is 2. The van der Waals surface area contributed by atoms with Gasteiger partial charge in [0, 0.05) is 23.3 Å². The number of carbonyl (C=O) groups excluding carboxylic acids is 1. The molecule has 0 bridgehead atoms. The number of amides is 1. The number of rotatable bonds is 1. The van der Waals surface area contributed by atoms with Gasteiger partial charge in [-0.1, -0.05) is 0 Å². The summed E-state index contributed by atoms with van der Waals surface area (Å²) in [5.41, 5.74) is 2.24. The molecular weight excluding hydrogens is 284 g/mol. The van der Waals surface area contributed by atoms with Crippen LogP contribution in [0.3, 0.4) is 0 Å². The Balaban J connectivity index is 1.60. The van der Waals surface area contributed by atoms with E-state index in [0.717, 1.165) is 43.1 Å². The lowest BCUT2D eigenvalue weighted by Gasteiger charge is -2.28. The van der Waals surface area contributed by atoms with E-state index in [9.17, 15) is 4.79 Å². The van der Waals surface area contributed by atoms with Crippen molar-refractivity contribution in [3.05, 3.63) is 33.0 Å². The molecule has 1 aliphatic heterocycles. The third-order valence-corrected chi connectivity index (χ3v) is 5.61. The lowest BCUT2D eigenvalue weighted by molar-refractivity contribution is 0.0706. The Morgan fingerprint density at radius 2 is 2.10 bits per heavy atom. The Bertz CT molecular complexity index is 703. The van der Waals surface area contributed by atoms with Crippen LogP contribution in [-0.2, 0) is 25.9 Å². The second-order valence-corrected chi connectivity index (χ2v) is 6.76. The molecule has 0 unspecified atom stereocenters. The van der Waals surface area contributed by atoms with Crippen LogP contribution in [0, 0.1) is 6.92 Å². The number of carbonyl (C=O) groups is 1. The summed E-state index contributed by atoms with van der Waals surface area (Å²) in [5, 5.41) is 10.3. The molecule has 3 heterocycles. The van der Waals surface area contributed by atoms with Crippen molar-refractivity contribution in [2.24, 2.45) is 0 Å². The fourth-order valence-corrected chi connectivity index (χ4v) is 4.44. The van der Waals surface area contributed by atoms with Crippen LogP contribution in [0.4, 0.5) is 0 Å². The first-order chi connectivity index (χ1) is 10.2. The minimum absolute atomic E-state index is 0.168. The summed E-state index contributed by atoms with van der Waals surface area (Å²) in [6.45, 7) is 4.08. The van der Waals surface area contributed by atoms with Gasteiger partial charge in [0.1, 0.15) is 5.82 Å². The fourth-order valence-electron chi connectivity index (χ4n) is 3.32. The highest BCUT2D eigenvalue weighted by molar-refractivity contribution is 7.10. The molecule has 0 aromatic carbocycles. The molecule has 1 aliphatic carbocycles. The van der Waals surface area contributed by atoms with Crippen molar-refractivity contribution in [2.45, 2.75) is 45.7 Å². The lowest BCUT2D eigenvalue weighted by Crippen LogP contribution is -2.38. The van der Waals surface area contributed by atoms with E-state index in [1.54, 1.807) is 11.3 Å². The minimum Gasteiger partial charge on any atom is -0.329 e. The van der Waals surface area contributed by atoms with E-state index >= 15 is 0 Å². The summed E-state index contributed by atoms with van der Waals surface area (Å²) in [6.07, 6.45) is 4.66. The number of hydrogen-bond donors (Lipinski definition) is 0. The van der Waals surface area contributed by atoms with Crippen molar-refractivity contribution in [1.29, 1.82) is 0 Å². The molecule has 2 aliphatic rings. The predicted octanol–water partition coefficient (Wildman–Crippen LogP) is 2.18. The average Bonchev–Trinajstić information content (AvgIpc) is 3.10. The van der Waals surface area contributed by atoms with Gasteiger partial charge in [-0.05, 0) is 38.2 Å². The van der Waals surface area contributed by atoms with Crippen LogP contribution in [0.1, 0.15) is 45.3 Å². The summed E-state index contributed by atoms with van der Waals surface area (Å²) < 4.78 is 2.10. The summed E-state index contributed by atoms with van der Waals surface area (Å²) in [4.78, 5) is 16.2. The fraction of sp³-hybridized carbons (Fsp3) is 0.533. The smallest absolute Gasteiger partial charge is 0.255 e. The highest BCUT2D eigenvalue weighted by atomic mass is 32.1. The van der Waals surface area contributed by atoms with Crippen molar-refractivity contribution in [1.82, 2.24) is 19.7 Å². The van der Waals surface area contributed by atoms with Crippen LogP contribution in [0.2, 0.25) is 0 Å². The van der Waals surface area contributed by atoms with Crippen molar-refractivity contribution >= 4 is 17.2 Å². The summed E-state index contributed by atoms with van der Waals surface area (Å²) >= 11 is 1.75. The van der Waals surface area contributed by atoms with Gasteiger partial charge in [0.25, 0.3) is 5.91 Å². The van der Waals surface area contributed by atoms with Gasteiger partial charge < -0.3 is 9.47 Å². The Labute approximate surface area is 127 Å². The SMILES string of the molecule is Cc1nnc2n1CCN(C(=O)c1csc3c1CCCC3)C2. The number of aryl methyl sites for hydroxylation is 2. The minimum atomic E-state index is 0.168. The molecule has 0 radical (unpaired) electrons. The maximum absolute atomic E-state index is 12.8. The third-order valence-electron chi connectivity index (χ3n) is 4.52. The zero-order chi connectivity index (χ0) is 14.4. The Kier molecular flexibility index (Phi) is 3.06. The van der Waals surface area contributed by atoms with Crippen LogP contribution in [0.25, 0.3) is 0 Å². The number of hydrogen-bond acceptors (Lipinski definition) is 4. The molecule has 2 aromatic heterocycles. The highest BCUT2D eigenvalue weighted by Gasteiger charge is 2.27. The molecule has 110 valence electrons. The normalized spacial score (nSPS) is 17.5. The van der Waals surface area contributed by atoms with E-state index in [4.69, 9.17) is 0 Å². The summed E-state index contributed by atoms with van der Waals surface area (Å²) in [5.74, 6) is 2.00. The van der Waals surface area contributed by atoms with Crippen LogP contribution in [0.15, 0.2) is 5.38 Å². The van der Waals surface area contributed by atoms with Gasteiger partial charge in [-0.25, -0.2) is 0 Å². The van der Waals surface area contributed by atoms with Gasteiger partial charge in [-0.2, -0.15) is 0 Å². The first-order valence-electron chi connectivity index (χ1n) is 7.51. The molecule has 4 rings (SSSR count). The van der Waals surface area contributed by atoms with Crippen LogP contribution in [0.5, 0.6) is 0 Å². The van der Waals surface area contributed by atoms with Crippen molar-refractivity contribution in [3.63, 3.8) is 0 Å². The quantitative estimate of drug-likeness (QED) is 0.811. The largest absolute Gasteiger partial charge is 0.329 e. The van der Waals surface area contributed by atoms with E-state index in [-0.39, 0.29) is 5.91 Å². The molecule has 1 amide bonds. The van der Waals surface area contributed by atoms with Crippen molar-refractivity contribution in [3.8, 4) is 0 Å². The Morgan fingerprint density at radius 3 is 3.00 bits per heavy atom. The second-order valence-electron chi connectivity index (χ2n) is 5.80. The molecule has 0 N–H and O–H groups in total. The maximum Gasteiger partial charge on any atom is 0.255 e. The van der Waals surface area contributed by atoms with E-state index < -0.39 is 0 Å². The van der Waals surface area contributed by atoms with E-state index in [1.807, 2.05) is 11.8 Å². The van der Waals surface area contributed by atoms with Gasteiger partial charge in [0.15, 0.2) is 5.82 Å². The molecule has 5 nitrogen and oxygen atoms in total. The number of nitrogens with zero attached hydrogens (tertiary/aromatic N) is 4. The predicted molar refractivity (Wildman–Crippen MR) is 80.5 cm³/mol. The molecular formula is C15H18N4OS. The summed E-state index contributed by atoms with van der Waals surface area (Å²) in [6, 6.07) is 0. The van der Waals surface area contributed by atoms with Gasteiger partial charge in [-0.15, -0.1) is 21.5 Å². The van der Waals surface area contributed by atoms with Gasteiger partial charge >= 0.3 is 0 Å². The van der Waals surface area contributed by atoms with Gasteiger partial charge in [0.05, 0.1) is 12.1 Å². The molecule has 0 saturated carbocycles. The molecule has 0 atom stereocenters. The van der Waals surface area contributed by atoms with Crippen molar-refractivity contribution < 1.29 is 4.79 Å². The highest BCUT2D eigenvalue weighted by Crippen LogP contribution is 2.31. The number of thiophene rings is 1. The monoisotopic (exact) mass is 302 g/mol. The zero-order valence-electron chi connectivity index (χ0n) is 12.1. The van der Waals surface area contributed by atoms with Gasteiger partial charge in [-0.3, -0.25) is 4.79 Å². The molecule has 2 aromatic rings. The van der Waals surface area contributed by atoms with Crippen LogP contribution < -0.4 is 0 Å². The van der Waals surface area contributed by atoms with Crippen LogP contribution >= 0.6 is 11.3 Å².